The standard InChI is InChI=1S/C18H23N5O3S2/c1-22(10-13-5-6-16-17(8-13)21-27-20-16)11-14-9-19-18(28(2,24)25)23(14)12-15-4-3-7-26-15/h5-6,8-9,15H,3-4,7,10-12H2,1-2H3/t15-/m0/s1. The van der Waals surface area contributed by atoms with E-state index in [0.717, 1.165) is 41.7 Å². The lowest BCUT2D eigenvalue weighted by molar-refractivity contribution is 0.0934. The number of aromatic nitrogens is 4. The Hall–Kier alpha value is -1.88. The molecular formula is C18H23N5O3S2. The molecule has 1 aliphatic heterocycles. The third-order valence-corrected chi connectivity index (χ3v) is 6.39. The summed E-state index contributed by atoms with van der Waals surface area (Å²) in [6.45, 7) is 2.55. The van der Waals surface area contributed by atoms with Gasteiger partial charge in [0.15, 0.2) is 0 Å². The molecule has 150 valence electrons. The molecule has 1 aromatic carbocycles. The Bertz CT molecular complexity index is 1070. The Morgan fingerprint density at radius 1 is 1.29 bits per heavy atom. The highest BCUT2D eigenvalue weighted by Crippen LogP contribution is 2.21. The molecule has 3 aromatic rings. The normalized spacial score (nSPS) is 17.8. The quantitative estimate of drug-likeness (QED) is 0.577. The van der Waals surface area contributed by atoms with Crippen LogP contribution >= 0.6 is 11.7 Å². The summed E-state index contributed by atoms with van der Waals surface area (Å²) < 4.78 is 40.4. The topological polar surface area (TPSA) is 90.2 Å². The molecule has 1 atom stereocenters. The summed E-state index contributed by atoms with van der Waals surface area (Å²) in [5.41, 5.74) is 3.81. The highest BCUT2D eigenvalue weighted by molar-refractivity contribution is 7.90. The number of rotatable bonds is 7. The summed E-state index contributed by atoms with van der Waals surface area (Å²) in [5, 5.41) is 0.112. The van der Waals surface area contributed by atoms with Crippen LogP contribution < -0.4 is 0 Å². The van der Waals surface area contributed by atoms with Gasteiger partial charge in [-0.15, -0.1) is 0 Å². The SMILES string of the molecule is CN(Cc1ccc2nsnc2c1)Cc1cnc(S(C)(=O)=O)n1C[C@@H]1CCCO1. The molecule has 0 saturated carbocycles. The highest BCUT2D eigenvalue weighted by Gasteiger charge is 2.24. The van der Waals surface area contributed by atoms with E-state index < -0.39 is 9.84 Å². The van der Waals surface area contributed by atoms with Crippen molar-refractivity contribution in [2.45, 2.75) is 43.7 Å². The number of benzene rings is 1. The van der Waals surface area contributed by atoms with Gasteiger partial charge in [-0.1, -0.05) is 6.07 Å². The van der Waals surface area contributed by atoms with E-state index in [2.05, 4.69) is 18.6 Å². The van der Waals surface area contributed by atoms with Crippen molar-refractivity contribution < 1.29 is 13.2 Å². The van der Waals surface area contributed by atoms with Crippen LogP contribution in [0.5, 0.6) is 0 Å². The Morgan fingerprint density at radius 3 is 2.86 bits per heavy atom. The van der Waals surface area contributed by atoms with Crippen LogP contribution in [0.25, 0.3) is 11.0 Å². The molecular weight excluding hydrogens is 398 g/mol. The second-order valence-electron chi connectivity index (χ2n) is 7.31. The molecule has 2 aromatic heterocycles. The van der Waals surface area contributed by atoms with Gasteiger partial charge in [-0.3, -0.25) is 4.90 Å². The maximum Gasteiger partial charge on any atom is 0.227 e. The molecule has 0 amide bonds. The van der Waals surface area contributed by atoms with E-state index in [0.29, 0.717) is 19.6 Å². The first-order valence-electron chi connectivity index (χ1n) is 9.16. The summed E-state index contributed by atoms with van der Waals surface area (Å²) in [6, 6.07) is 6.07. The highest BCUT2D eigenvalue weighted by atomic mass is 32.2. The number of nitrogens with zero attached hydrogens (tertiary/aromatic N) is 5. The fourth-order valence-corrected chi connectivity index (χ4v) is 4.93. The molecule has 0 radical (unpaired) electrons. The van der Waals surface area contributed by atoms with Crippen molar-refractivity contribution in [3.8, 4) is 0 Å². The maximum atomic E-state index is 12.2. The van der Waals surface area contributed by atoms with Gasteiger partial charge in [0, 0.05) is 26.0 Å². The smallest absolute Gasteiger partial charge is 0.227 e. The van der Waals surface area contributed by atoms with Crippen LogP contribution in [0.1, 0.15) is 24.1 Å². The minimum Gasteiger partial charge on any atom is -0.376 e. The zero-order valence-corrected chi connectivity index (χ0v) is 17.5. The van der Waals surface area contributed by atoms with Crippen LogP contribution in [0, 0.1) is 0 Å². The summed E-state index contributed by atoms with van der Waals surface area (Å²) >= 11 is 1.21. The van der Waals surface area contributed by atoms with Crippen LogP contribution in [0.15, 0.2) is 29.6 Å². The van der Waals surface area contributed by atoms with Gasteiger partial charge < -0.3 is 9.30 Å². The summed E-state index contributed by atoms with van der Waals surface area (Å²) in [6.07, 6.45) is 4.86. The molecule has 0 bridgehead atoms. The average molecular weight is 422 g/mol. The molecule has 0 unspecified atom stereocenters. The van der Waals surface area contributed by atoms with Gasteiger partial charge >= 0.3 is 0 Å². The van der Waals surface area contributed by atoms with Crippen molar-refractivity contribution in [3.63, 3.8) is 0 Å². The number of fused-ring (bicyclic) bond motifs is 1. The second-order valence-corrected chi connectivity index (χ2v) is 9.75. The van der Waals surface area contributed by atoms with Gasteiger partial charge in [-0.2, -0.15) is 8.75 Å². The van der Waals surface area contributed by atoms with E-state index in [1.807, 2.05) is 25.2 Å². The van der Waals surface area contributed by atoms with Gasteiger partial charge in [0.25, 0.3) is 0 Å². The lowest BCUT2D eigenvalue weighted by Gasteiger charge is -2.20. The fourth-order valence-electron chi connectivity index (χ4n) is 3.57. The van der Waals surface area contributed by atoms with Gasteiger partial charge in [0.2, 0.25) is 15.0 Å². The number of ether oxygens (including phenoxy) is 1. The van der Waals surface area contributed by atoms with E-state index >= 15 is 0 Å². The average Bonchev–Trinajstić information content (AvgIpc) is 3.36. The molecule has 4 rings (SSSR count). The van der Waals surface area contributed by atoms with Gasteiger partial charge in [-0.25, -0.2) is 13.4 Å². The maximum absolute atomic E-state index is 12.2. The number of sulfone groups is 1. The Labute approximate surface area is 168 Å². The predicted octanol–water partition coefficient (Wildman–Crippen LogP) is 2.10. The van der Waals surface area contributed by atoms with E-state index in [-0.39, 0.29) is 11.3 Å². The third kappa shape index (κ3) is 4.24. The van der Waals surface area contributed by atoms with Crippen molar-refractivity contribution in [2.75, 3.05) is 19.9 Å². The zero-order chi connectivity index (χ0) is 19.7. The molecule has 28 heavy (non-hydrogen) atoms. The van der Waals surface area contributed by atoms with Crippen molar-refractivity contribution >= 4 is 32.6 Å². The van der Waals surface area contributed by atoms with E-state index in [9.17, 15) is 8.42 Å². The molecule has 1 aliphatic rings. The number of hydrogen-bond donors (Lipinski definition) is 0. The lowest BCUT2D eigenvalue weighted by Crippen LogP contribution is -2.24. The summed E-state index contributed by atoms with van der Waals surface area (Å²) in [4.78, 5) is 6.33. The Balaban J connectivity index is 1.53. The molecule has 8 nitrogen and oxygen atoms in total. The van der Waals surface area contributed by atoms with Crippen LogP contribution in [0.4, 0.5) is 0 Å². The predicted molar refractivity (Wildman–Crippen MR) is 107 cm³/mol. The first-order valence-corrected chi connectivity index (χ1v) is 11.8. The van der Waals surface area contributed by atoms with Crippen LogP contribution in [0.2, 0.25) is 0 Å². The number of hydrogen-bond acceptors (Lipinski definition) is 8. The van der Waals surface area contributed by atoms with Crippen molar-refractivity contribution in [2.24, 2.45) is 0 Å². The van der Waals surface area contributed by atoms with Gasteiger partial charge in [0.1, 0.15) is 11.0 Å². The molecule has 1 fully saturated rings. The first kappa shape index (κ1) is 19.4. The largest absolute Gasteiger partial charge is 0.376 e. The lowest BCUT2D eigenvalue weighted by atomic mass is 10.2. The van der Waals surface area contributed by atoms with Gasteiger partial charge in [-0.05, 0) is 37.6 Å². The second kappa shape index (κ2) is 7.86. The van der Waals surface area contributed by atoms with Gasteiger partial charge in [0.05, 0.1) is 36.3 Å². The van der Waals surface area contributed by atoms with E-state index in [4.69, 9.17) is 4.74 Å². The molecule has 0 aliphatic carbocycles. The zero-order valence-electron chi connectivity index (χ0n) is 15.9. The summed E-state index contributed by atoms with van der Waals surface area (Å²) in [7, 11) is -1.40. The number of imidazole rings is 1. The van der Waals surface area contributed by atoms with Crippen molar-refractivity contribution in [1.29, 1.82) is 0 Å². The molecule has 0 spiro atoms. The monoisotopic (exact) mass is 421 g/mol. The molecule has 3 heterocycles. The van der Waals surface area contributed by atoms with E-state index in [1.165, 1.54) is 18.0 Å². The fraction of sp³-hybridized carbons (Fsp3) is 0.500. The minimum atomic E-state index is -3.40. The molecule has 0 N–H and O–H groups in total. The molecule has 10 heteroatoms. The molecule has 1 saturated heterocycles. The van der Waals surface area contributed by atoms with Crippen molar-refractivity contribution in [1.82, 2.24) is 23.2 Å². The van der Waals surface area contributed by atoms with Crippen LogP contribution in [-0.4, -0.2) is 57.6 Å². The van der Waals surface area contributed by atoms with Crippen LogP contribution in [-0.2, 0) is 34.2 Å². The first-order chi connectivity index (χ1) is 13.4. The Morgan fingerprint density at radius 2 is 2.11 bits per heavy atom. The Kier molecular flexibility index (Phi) is 5.46. The van der Waals surface area contributed by atoms with Crippen LogP contribution in [0.3, 0.4) is 0 Å². The summed E-state index contributed by atoms with van der Waals surface area (Å²) in [5.74, 6) is 0. The minimum absolute atomic E-state index is 0.0401. The van der Waals surface area contributed by atoms with Crippen molar-refractivity contribution in [3.05, 3.63) is 35.7 Å². The third-order valence-electron chi connectivity index (χ3n) is 4.85. The van der Waals surface area contributed by atoms with E-state index in [1.54, 1.807) is 10.8 Å².